The van der Waals surface area contributed by atoms with Crippen molar-refractivity contribution in [1.29, 1.82) is 0 Å². The van der Waals surface area contributed by atoms with E-state index in [1.54, 1.807) is 0 Å². The molecule has 1 rings (SSSR count). The van der Waals surface area contributed by atoms with Crippen LogP contribution >= 0.6 is 0 Å². The molecule has 82 valence electrons. The molecule has 1 aliphatic heterocycles. The molecule has 0 aliphatic carbocycles. The van der Waals surface area contributed by atoms with Gasteiger partial charge >= 0.3 is 0 Å². The Morgan fingerprint density at radius 2 is 2.36 bits per heavy atom. The molecule has 0 amide bonds. The zero-order valence-electron chi connectivity index (χ0n) is 8.56. The lowest BCUT2D eigenvalue weighted by molar-refractivity contribution is 0.122. The van der Waals surface area contributed by atoms with Crippen molar-refractivity contribution in [3.8, 4) is 0 Å². The molecule has 5 heteroatoms. The topological polar surface area (TPSA) is 82.1 Å². The highest BCUT2D eigenvalue weighted by molar-refractivity contribution is 5.77. The molecule has 0 spiro atoms. The number of hydrogen-bond donors (Lipinski definition) is 3. The van der Waals surface area contributed by atoms with Crippen molar-refractivity contribution < 1.29 is 10.3 Å². The summed E-state index contributed by atoms with van der Waals surface area (Å²) in [5.74, 6) is 0.325. The van der Waals surface area contributed by atoms with Crippen LogP contribution in [-0.4, -0.2) is 40.4 Å². The minimum atomic E-state index is 0.139. The van der Waals surface area contributed by atoms with Gasteiger partial charge in [0.2, 0.25) is 5.96 Å². The van der Waals surface area contributed by atoms with E-state index in [2.05, 4.69) is 5.16 Å². The molecule has 2 unspecified atom stereocenters. The Bertz CT molecular complexity index is 208. The second kappa shape index (κ2) is 5.05. The van der Waals surface area contributed by atoms with E-state index in [4.69, 9.17) is 16.0 Å². The third kappa shape index (κ3) is 2.29. The van der Waals surface area contributed by atoms with Gasteiger partial charge in [-0.3, -0.25) is 0 Å². The SMILES string of the molecule is CC(CO)C1CCCCN1/C(N)=N/O. The van der Waals surface area contributed by atoms with Gasteiger partial charge in [-0.15, -0.1) is 0 Å². The smallest absolute Gasteiger partial charge is 0.233 e. The van der Waals surface area contributed by atoms with Crippen molar-refractivity contribution in [2.75, 3.05) is 13.2 Å². The highest BCUT2D eigenvalue weighted by Gasteiger charge is 2.28. The quantitative estimate of drug-likeness (QED) is 0.257. The molecule has 14 heavy (non-hydrogen) atoms. The first-order chi connectivity index (χ1) is 6.70. The number of piperidine rings is 1. The number of oxime groups is 1. The monoisotopic (exact) mass is 201 g/mol. The van der Waals surface area contributed by atoms with Gasteiger partial charge in [-0.1, -0.05) is 12.1 Å². The predicted molar refractivity (Wildman–Crippen MR) is 54.0 cm³/mol. The summed E-state index contributed by atoms with van der Waals surface area (Å²) in [6.45, 7) is 2.93. The maximum absolute atomic E-state index is 9.09. The minimum absolute atomic E-state index is 0.139. The van der Waals surface area contributed by atoms with Crippen LogP contribution in [0.5, 0.6) is 0 Å². The number of aliphatic hydroxyl groups is 1. The van der Waals surface area contributed by atoms with Crippen LogP contribution < -0.4 is 5.73 Å². The van der Waals surface area contributed by atoms with E-state index in [9.17, 15) is 0 Å². The van der Waals surface area contributed by atoms with Crippen LogP contribution in [0.1, 0.15) is 26.2 Å². The van der Waals surface area contributed by atoms with Crippen LogP contribution in [-0.2, 0) is 0 Å². The van der Waals surface area contributed by atoms with Crippen molar-refractivity contribution in [3.05, 3.63) is 0 Å². The second-order valence-corrected chi connectivity index (χ2v) is 3.87. The van der Waals surface area contributed by atoms with Crippen LogP contribution in [0.15, 0.2) is 5.16 Å². The van der Waals surface area contributed by atoms with E-state index < -0.39 is 0 Å². The fourth-order valence-corrected chi connectivity index (χ4v) is 2.01. The molecule has 1 fully saturated rings. The molecule has 0 radical (unpaired) electrons. The maximum atomic E-state index is 9.09. The summed E-state index contributed by atoms with van der Waals surface area (Å²) in [6.07, 6.45) is 3.20. The third-order valence-electron chi connectivity index (χ3n) is 2.89. The summed E-state index contributed by atoms with van der Waals surface area (Å²) in [4.78, 5) is 1.88. The van der Waals surface area contributed by atoms with Gasteiger partial charge in [-0.05, 0) is 25.2 Å². The fourth-order valence-electron chi connectivity index (χ4n) is 2.01. The van der Waals surface area contributed by atoms with Crippen molar-refractivity contribution in [2.45, 2.75) is 32.2 Å². The number of guanidine groups is 1. The van der Waals surface area contributed by atoms with E-state index in [1.165, 1.54) is 0 Å². The normalized spacial score (nSPS) is 26.3. The first kappa shape index (κ1) is 11.1. The Balaban J connectivity index is 2.68. The van der Waals surface area contributed by atoms with Gasteiger partial charge in [-0.2, -0.15) is 0 Å². The lowest BCUT2D eigenvalue weighted by Gasteiger charge is -2.38. The summed E-state index contributed by atoms with van der Waals surface area (Å²) in [5, 5.41) is 20.7. The molecule has 5 nitrogen and oxygen atoms in total. The Morgan fingerprint density at radius 3 is 2.93 bits per heavy atom. The predicted octanol–water partition coefficient (Wildman–Crippen LogP) is 0.173. The molecule has 0 aromatic heterocycles. The number of rotatable bonds is 2. The first-order valence-electron chi connectivity index (χ1n) is 5.05. The summed E-state index contributed by atoms with van der Waals surface area (Å²) in [6, 6.07) is 0.199. The van der Waals surface area contributed by atoms with Crippen molar-refractivity contribution in [1.82, 2.24) is 4.90 Å². The van der Waals surface area contributed by atoms with Crippen molar-refractivity contribution >= 4 is 5.96 Å². The number of hydrogen-bond acceptors (Lipinski definition) is 3. The summed E-state index contributed by atoms with van der Waals surface area (Å²) < 4.78 is 0. The lowest BCUT2D eigenvalue weighted by Crippen LogP contribution is -2.50. The van der Waals surface area contributed by atoms with Crippen molar-refractivity contribution in [2.24, 2.45) is 16.8 Å². The second-order valence-electron chi connectivity index (χ2n) is 3.87. The zero-order chi connectivity index (χ0) is 10.6. The van der Waals surface area contributed by atoms with Crippen LogP contribution in [0.3, 0.4) is 0 Å². The molecule has 1 saturated heterocycles. The van der Waals surface area contributed by atoms with Crippen LogP contribution in [0.25, 0.3) is 0 Å². The number of aliphatic hydroxyl groups excluding tert-OH is 1. The molecule has 0 aromatic rings. The Kier molecular flexibility index (Phi) is 4.00. The van der Waals surface area contributed by atoms with E-state index in [-0.39, 0.29) is 24.5 Å². The number of likely N-dealkylation sites (tertiary alicyclic amines) is 1. The minimum Gasteiger partial charge on any atom is -0.408 e. The van der Waals surface area contributed by atoms with E-state index >= 15 is 0 Å². The average molecular weight is 201 g/mol. The highest BCUT2D eigenvalue weighted by atomic mass is 16.4. The number of nitrogens with zero attached hydrogens (tertiary/aromatic N) is 2. The van der Waals surface area contributed by atoms with E-state index in [1.807, 2.05) is 11.8 Å². The number of nitrogens with two attached hydrogens (primary N) is 1. The van der Waals surface area contributed by atoms with Gasteiger partial charge in [0.15, 0.2) is 0 Å². The molecule has 0 bridgehead atoms. The summed E-state index contributed by atoms with van der Waals surface area (Å²) >= 11 is 0. The van der Waals surface area contributed by atoms with Gasteiger partial charge in [0.25, 0.3) is 0 Å². The summed E-state index contributed by atoms with van der Waals surface area (Å²) in [7, 11) is 0. The molecular weight excluding hydrogens is 182 g/mol. The van der Waals surface area contributed by atoms with Gasteiger partial charge < -0.3 is 20.9 Å². The van der Waals surface area contributed by atoms with Gasteiger partial charge in [0.05, 0.1) is 0 Å². The summed E-state index contributed by atoms with van der Waals surface area (Å²) in [5.41, 5.74) is 5.57. The van der Waals surface area contributed by atoms with Crippen molar-refractivity contribution in [3.63, 3.8) is 0 Å². The zero-order valence-corrected chi connectivity index (χ0v) is 8.56. The van der Waals surface area contributed by atoms with Gasteiger partial charge in [-0.25, -0.2) is 0 Å². The van der Waals surface area contributed by atoms with Gasteiger partial charge in [0.1, 0.15) is 0 Å². The van der Waals surface area contributed by atoms with E-state index in [0.29, 0.717) is 0 Å². The highest BCUT2D eigenvalue weighted by Crippen LogP contribution is 2.22. The Hall–Kier alpha value is -0.970. The molecule has 0 saturated carbocycles. The Morgan fingerprint density at radius 1 is 1.64 bits per heavy atom. The van der Waals surface area contributed by atoms with Crippen LogP contribution in [0.4, 0.5) is 0 Å². The molecule has 0 aromatic carbocycles. The van der Waals surface area contributed by atoms with Gasteiger partial charge in [0, 0.05) is 19.2 Å². The molecular formula is C9H19N3O2. The standard InChI is InChI=1S/C9H19N3O2/c1-7(6-13)8-4-2-3-5-12(8)9(10)11-14/h7-8,13-14H,2-6H2,1H3,(H2,10,11). The first-order valence-corrected chi connectivity index (χ1v) is 5.05. The molecule has 4 N–H and O–H groups in total. The Labute approximate surface area is 84.2 Å². The lowest BCUT2D eigenvalue weighted by atomic mass is 9.92. The van der Waals surface area contributed by atoms with E-state index in [0.717, 1.165) is 25.8 Å². The van der Waals surface area contributed by atoms with Crippen LogP contribution in [0.2, 0.25) is 0 Å². The maximum Gasteiger partial charge on any atom is 0.233 e. The third-order valence-corrected chi connectivity index (χ3v) is 2.89. The fraction of sp³-hybridized carbons (Fsp3) is 0.889. The largest absolute Gasteiger partial charge is 0.408 e. The molecule has 2 atom stereocenters. The molecule has 1 heterocycles. The van der Waals surface area contributed by atoms with Crippen LogP contribution in [0, 0.1) is 5.92 Å². The average Bonchev–Trinajstić information content (AvgIpc) is 2.27. The molecule has 1 aliphatic rings.